The van der Waals surface area contributed by atoms with Crippen molar-refractivity contribution < 1.29 is 23.8 Å². The molecule has 2 amide bonds. The topological polar surface area (TPSA) is 71.6 Å². The number of likely N-dealkylation sites (N-methyl/N-ethyl adjacent to an activating group) is 1. The van der Waals surface area contributed by atoms with Crippen molar-refractivity contribution in [1.29, 1.82) is 0 Å². The van der Waals surface area contributed by atoms with Crippen molar-refractivity contribution in [2.75, 3.05) is 66.1 Å². The molecule has 0 saturated carbocycles. The zero-order chi connectivity index (χ0) is 24.8. The maximum Gasteiger partial charge on any atom is 0.225 e. The van der Waals surface area contributed by atoms with Gasteiger partial charge in [-0.1, -0.05) is 11.6 Å². The molecule has 3 fully saturated rings. The minimum Gasteiger partial charge on any atom is -0.490 e. The fourth-order valence-corrected chi connectivity index (χ4v) is 5.08. The van der Waals surface area contributed by atoms with Gasteiger partial charge in [0.1, 0.15) is 18.0 Å². The van der Waals surface area contributed by atoms with Crippen molar-refractivity contribution in [2.24, 2.45) is 0 Å². The Hall–Kier alpha value is -1.87. The Morgan fingerprint density at radius 3 is 2.60 bits per heavy atom. The molecule has 0 radical (unpaired) electrons. The monoisotopic (exact) mass is 507 g/mol. The van der Waals surface area contributed by atoms with Crippen LogP contribution in [-0.2, 0) is 19.1 Å². The molecule has 0 aromatic heterocycles. The first kappa shape index (κ1) is 26.2. The lowest BCUT2D eigenvalue weighted by atomic mass is 9.96. The summed E-state index contributed by atoms with van der Waals surface area (Å²) in [5.41, 5.74) is 0.00977. The van der Waals surface area contributed by atoms with E-state index in [0.29, 0.717) is 50.0 Å². The summed E-state index contributed by atoms with van der Waals surface area (Å²) in [5, 5.41) is 0.674. The molecule has 0 spiro atoms. The maximum atomic E-state index is 13.3. The first-order chi connectivity index (χ1) is 16.8. The second-order valence-electron chi connectivity index (χ2n) is 10.1. The molecule has 0 bridgehead atoms. The molecule has 4 rings (SSSR count). The van der Waals surface area contributed by atoms with Crippen LogP contribution in [0, 0.1) is 6.92 Å². The van der Waals surface area contributed by atoms with E-state index in [2.05, 4.69) is 11.9 Å². The normalized spacial score (nSPS) is 26.0. The molecular formula is C26H38ClN3O5. The van der Waals surface area contributed by atoms with E-state index in [-0.39, 0.29) is 30.9 Å². The highest BCUT2D eigenvalue weighted by molar-refractivity contribution is 6.31. The third-order valence-corrected chi connectivity index (χ3v) is 7.66. The Kier molecular flexibility index (Phi) is 8.92. The number of amides is 2. The number of halogens is 1. The smallest absolute Gasteiger partial charge is 0.225 e. The fraction of sp³-hybridized carbons (Fsp3) is 0.692. The molecule has 2 atom stereocenters. The lowest BCUT2D eigenvalue weighted by molar-refractivity contribution is -0.168. The summed E-state index contributed by atoms with van der Waals surface area (Å²) in [7, 11) is 2.06. The first-order valence-corrected chi connectivity index (χ1v) is 13.1. The van der Waals surface area contributed by atoms with Gasteiger partial charge in [0.2, 0.25) is 11.8 Å². The lowest BCUT2D eigenvalue weighted by Gasteiger charge is -2.43. The van der Waals surface area contributed by atoms with Gasteiger partial charge in [0.25, 0.3) is 0 Å². The van der Waals surface area contributed by atoms with Gasteiger partial charge < -0.3 is 28.9 Å². The molecular weight excluding hydrogens is 470 g/mol. The van der Waals surface area contributed by atoms with Crippen LogP contribution in [0.4, 0.5) is 0 Å². The number of aryl methyl sites for hydroxylation is 1. The van der Waals surface area contributed by atoms with Crippen LogP contribution in [0.5, 0.6) is 5.75 Å². The first-order valence-electron chi connectivity index (χ1n) is 12.7. The SMILES string of the molecule is Cc1cc(OC[C@@]2(CC(=O)N3CCN(C)CC3)CN(C(=O)C[C@H]3CCCCO3)CCO2)ccc1Cl. The van der Waals surface area contributed by atoms with Crippen LogP contribution >= 0.6 is 11.6 Å². The van der Waals surface area contributed by atoms with Gasteiger partial charge in [-0.25, -0.2) is 0 Å². The van der Waals surface area contributed by atoms with E-state index in [0.717, 1.165) is 44.5 Å². The molecule has 0 N–H and O–H groups in total. The summed E-state index contributed by atoms with van der Waals surface area (Å²) in [5.74, 6) is 0.763. The van der Waals surface area contributed by atoms with Crippen molar-refractivity contribution in [2.45, 2.75) is 50.7 Å². The minimum atomic E-state index is -0.907. The second-order valence-corrected chi connectivity index (χ2v) is 10.5. The van der Waals surface area contributed by atoms with Crippen molar-refractivity contribution >= 4 is 23.4 Å². The molecule has 35 heavy (non-hydrogen) atoms. The van der Waals surface area contributed by atoms with E-state index in [1.165, 1.54) is 0 Å². The number of hydrogen-bond donors (Lipinski definition) is 0. The summed E-state index contributed by atoms with van der Waals surface area (Å²) in [6.45, 7) is 7.13. The van der Waals surface area contributed by atoms with E-state index in [1.54, 1.807) is 6.07 Å². The van der Waals surface area contributed by atoms with Crippen LogP contribution in [0.1, 0.15) is 37.7 Å². The highest BCUT2D eigenvalue weighted by atomic mass is 35.5. The van der Waals surface area contributed by atoms with Gasteiger partial charge in [0, 0.05) is 44.4 Å². The van der Waals surface area contributed by atoms with Crippen LogP contribution in [0.15, 0.2) is 18.2 Å². The zero-order valence-corrected chi connectivity index (χ0v) is 21.7. The number of ether oxygens (including phenoxy) is 3. The summed E-state index contributed by atoms with van der Waals surface area (Å²) in [6.07, 6.45) is 3.60. The van der Waals surface area contributed by atoms with E-state index < -0.39 is 5.60 Å². The largest absolute Gasteiger partial charge is 0.490 e. The van der Waals surface area contributed by atoms with Crippen molar-refractivity contribution in [1.82, 2.24) is 14.7 Å². The van der Waals surface area contributed by atoms with Gasteiger partial charge in [-0.05, 0) is 57.0 Å². The van der Waals surface area contributed by atoms with Crippen LogP contribution in [-0.4, -0.2) is 104 Å². The highest BCUT2D eigenvalue weighted by Crippen LogP contribution is 2.28. The number of benzene rings is 1. The van der Waals surface area contributed by atoms with Crippen LogP contribution < -0.4 is 4.74 Å². The Morgan fingerprint density at radius 1 is 1.09 bits per heavy atom. The van der Waals surface area contributed by atoms with Crippen LogP contribution in [0.3, 0.4) is 0 Å². The number of carbonyl (C=O) groups is 2. The quantitative estimate of drug-likeness (QED) is 0.565. The molecule has 0 aliphatic carbocycles. The fourth-order valence-electron chi connectivity index (χ4n) is 4.96. The molecule has 9 heteroatoms. The van der Waals surface area contributed by atoms with E-state index in [4.69, 9.17) is 25.8 Å². The molecule has 3 saturated heterocycles. The third kappa shape index (κ3) is 7.09. The standard InChI is InChI=1S/C26H38ClN3O5/c1-20-15-22(6-7-23(20)27)34-19-26(17-25(32)29-10-8-28(2)9-11-29)18-30(12-14-35-26)24(31)16-21-5-3-4-13-33-21/h6-7,15,21H,3-5,8-14,16-19H2,1-2H3/t21-,26-/m1/s1. The zero-order valence-electron chi connectivity index (χ0n) is 21.0. The van der Waals surface area contributed by atoms with Crippen LogP contribution in [0.2, 0.25) is 5.02 Å². The number of morpholine rings is 1. The number of piperazine rings is 1. The molecule has 3 aliphatic heterocycles. The van der Waals surface area contributed by atoms with Gasteiger partial charge in [0.15, 0.2) is 0 Å². The molecule has 0 unspecified atom stereocenters. The summed E-state index contributed by atoms with van der Waals surface area (Å²) in [4.78, 5) is 32.4. The predicted molar refractivity (Wildman–Crippen MR) is 134 cm³/mol. The Balaban J connectivity index is 1.46. The number of hydrogen-bond acceptors (Lipinski definition) is 6. The van der Waals surface area contributed by atoms with Crippen LogP contribution in [0.25, 0.3) is 0 Å². The Labute approximate surface area is 213 Å². The average Bonchev–Trinajstić information content (AvgIpc) is 2.86. The van der Waals surface area contributed by atoms with Crippen molar-refractivity contribution in [3.05, 3.63) is 28.8 Å². The Morgan fingerprint density at radius 2 is 1.89 bits per heavy atom. The van der Waals surface area contributed by atoms with E-state index >= 15 is 0 Å². The number of nitrogens with zero attached hydrogens (tertiary/aromatic N) is 3. The van der Waals surface area contributed by atoms with E-state index in [1.807, 2.05) is 28.9 Å². The predicted octanol–water partition coefficient (Wildman–Crippen LogP) is 2.75. The maximum absolute atomic E-state index is 13.3. The van der Waals surface area contributed by atoms with Crippen molar-refractivity contribution in [3.63, 3.8) is 0 Å². The third-order valence-electron chi connectivity index (χ3n) is 7.24. The molecule has 1 aromatic rings. The van der Waals surface area contributed by atoms with Gasteiger partial charge in [-0.15, -0.1) is 0 Å². The molecule has 3 heterocycles. The van der Waals surface area contributed by atoms with Gasteiger partial charge in [0.05, 0.1) is 32.1 Å². The summed E-state index contributed by atoms with van der Waals surface area (Å²) < 4.78 is 18.2. The molecule has 1 aromatic carbocycles. The highest BCUT2D eigenvalue weighted by Gasteiger charge is 2.42. The minimum absolute atomic E-state index is 0.0197. The van der Waals surface area contributed by atoms with Gasteiger partial charge >= 0.3 is 0 Å². The summed E-state index contributed by atoms with van der Waals surface area (Å²) >= 11 is 6.17. The van der Waals surface area contributed by atoms with E-state index in [9.17, 15) is 9.59 Å². The lowest BCUT2D eigenvalue weighted by Crippen LogP contribution is -2.59. The van der Waals surface area contributed by atoms with Crippen molar-refractivity contribution in [3.8, 4) is 5.75 Å². The summed E-state index contributed by atoms with van der Waals surface area (Å²) in [6, 6.07) is 5.50. The Bertz CT molecular complexity index is 886. The molecule has 194 valence electrons. The van der Waals surface area contributed by atoms with Gasteiger partial charge in [-0.2, -0.15) is 0 Å². The number of carbonyl (C=O) groups excluding carboxylic acids is 2. The molecule has 3 aliphatic rings. The number of rotatable bonds is 7. The second kappa shape index (κ2) is 11.9. The molecule has 8 nitrogen and oxygen atoms in total. The average molecular weight is 508 g/mol. The van der Waals surface area contributed by atoms with Gasteiger partial charge in [-0.3, -0.25) is 9.59 Å².